The van der Waals surface area contributed by atoms with E-state index in [1.54, 1.807) is 31.3 Å². The smallest absolute Gasteiger partial charge is 0.261 e. The van der Waals surface area contributed by atoms with Crippen LogP contribution in [0.5, 0.6) is 11.5 Å². The number of hydrogen-bond acceptors (Lipinski definition) is 4. The number of anilines is 1. The number of carbonyl (C=O) groups excluding carboxylic acids is 1. The molecule has 4 aromatic rings. The molecule has 4 rings (SSSR count). The highest BCUT2D eigenvalue weighted by atomic mass is 16.5. The van der Waals surface area contributed by atoms with Crippen molar-refractivity contribution in [3.8, 4) is 11.5 Å². The molecule has 0 aliphatic heterocycles. The normalized spacial score (nSPS) is 10.8. The van der Waals surface area contributed by atoms with Crippen LogP contribution in [0.25, 0.3) is 10.9 Å². The van der Waals surface area contributed by atoms with E-state index in [9.17, 15) is 9.59 Å². The summed E-state index contributed by atoms with van der Waals surface area (Å²) in [4.78, 5) is 29.4. The van der Waals surface area contributed by atoms with Gasteiger partial charge in [0.05, 0.1) is 10.9 Å². The topological polar surface area (TPSA) is 73.2 Å². The van der Waals surface area contributed by atoms with E-state index >= 15 is 0 Å². The Morgan fingerprint density at radius 1 is 1.00 bits per heavy atom. The maximum atomic E-state index is 12.5. The number of rotatable bonds is 6. The quantitative estimate of drug-likeness (QED) is 0.501. The molecule has 0 radical (unpaired) electrons. The average Bonchev–Trinajstić information content (AvgIpc) is 2.77. The fourth-order valence-electron chi connectivity index (χ4n) is 3.36. The molecular formula is C25H23N3O3. The molecule has 0 fully saturated rings. The molecule has 0 saturated carbocycles. The van der Waals surface area contributed by atoms with Gasteiger partial charge in [0.1, 0.15) is 17.3 Å². The second-order valence-electron chi connectivity index (χ2n) is 7.40. The van der Waals surface area contributed by atoms with Crippen molar-refractivity contribution in [3.63, 3.8) is 0 Å². The number of para-hydroxylation sites is 1. The second kappa shape index (κ2) is 8.83. The van der Waals surface area contributed by atoms with Crippen LogP contribution in [0.4, 0.5) is 5.69 Å². The first-order valence-corrected chi connectivity index (χ1v) is 10.1. The van der Waals surface area contributed by atoms with Gasteiger partial charge in [-0.1, -0.05) is 24.3 Å². The largest absolute Gasteiger partial charge is 0.457 e. The molecule has 0 aliphatic rings. The summed E-state index contributed by atoms with van der Waals surface area (Å²) in [6, 6.07) is 22.3. The van der Waals surface area contributed by atoms with Crippen molar-refractivity contribution >= 4 is 22.5 Å². The van der Waals surface area contributed by atoms with E-state index in [0.29, 0.717) is 34.6 Å². The maximum absolute atomic E-state index is 12.5. The number of fused-ring (bicyclic) bond motifs is 1. The van der Waals surface area contributed by atoms with Crippen LogP contribution in [0.1, 0.15) is 17.8 Å². The van der Waals surface area contributed by atoms with Gasteiger partial charge < -0.3 is 10.1 Å². The number of aromatic nitrogens is 2. The SMILES string of the molecule is Cc1cccc(Oc2ccc(NC(=O)CCc3nc4ccccc4c(=O)n3C)cc2)c1. The van der Waals surface area contributed by atoms with Gasteiger partial charge in [0, 0.05) is 25.6 Å². The summed E-state index contributed by atoms with van der Waals surface area (Å²) in [5.41, 5.74) is 2.34. The van der Waals surface area contributed by atoms with Crippen LogP contribution in [0.15, 0.2) is 77.6 Å². The first-order valence-electron chi connectivity index (χ1n) is 10.1. The highest BCUT2D eigenvalue weighted by Gasteiger charge is 2.10. The highest BCUT2D eigenvalue weighted by Crippen LogP contribution is 2.23. The molecule has 6 nitrogen and oxygen atoms in total. The fraction of sp³-hybridized carbons (Fsp3) is 0.160. The number of amides is 1. The van der Waals surface area contributed by atoms with Gasteiger partial charge in [-0.2, -0.15) is 0 Å². The zero-order valence-electron chi connectivity index (χ0n) is 17.5. The van der Waals surface area contributed by atoms with Crippen molar-refractivity contribution in [1.82, 2.24) is 9.55 Å². The van der Waals surface area contributed by atoms with Crippen molar-refractivity contribution in [1.29, 1.82) is 0 Å². The fourth-order valence-corrected chi connectivity index (χ4v) is 3.36. The minimum absolute atomic E-state index is 0.106. The Morgan fingerprint density at radius 2 is 1.77 bits per heavy atom. The van der Waals surface area contributed by atoms with E-state index in [1.165, 1.54) is 4.57 Å². The third-order valence-corrected chi connectivity index (χ3v) is 5.01. The lowest BCUT2D eigenvalue weighted by Crippen LogP contribution is -2.23. The molecule has 1 N–H and O–H groups in total. The van der Waals surface area contributed by atoms with Gasteiger partial charge in [-0.05, 0) is 61.0 Å². The molecule has 0 saturated heterocycles. The summed E-state index contributed by atoms with van der Waals surface area (Å²) >= 11 is 0. The van der Waals surface area contributed by atoms with E-state index in [4.69, 9.17) is 4.74 Å². The highest BCUT2D eigenvalue weighted by molar-refractivity contribution is 5.90. The number of nitrogens with zero attached hydrogens (tertiary/aromatic N) is 2. The molecular weight excluding hydrogens is 390 g/mol. The number of benzene rings is 3. The summed E-state index contributed by atoms with van der Waals surface area (Å²) in [6.07, 6.45) is 0.594. The predicted octanol–water partition coefficient (Wildman–Crippen LogP) is 4.61. The summed E-state index contributed by atoms with van der Waals surface area (Å²) in [5, 5.41) is 3.45. The van der Waals surface area contributed by atoms with Crippen molar-refractivity contribution < 1.29 is 9.53 Å². The van der Waals surface area contributed by atoms with Crippen molar-refractivity contribution in [3.05, 3.63) is 94.5 Å². The molecule has 31 heavy (non-hydrogen) atoms. The first-order chi connectivity index (χ1) is 15.0. The van der Waals surface area contributed by atoms with Gasteiger partial charge in [0.25, 0.3) is 5.56 Å². The Kier molecular flexibility index (Phi) is 5.80. The number of ether oxygens (including phenoxy) is 1. The van der Waals surface area contributed by atoms with Crippen LogP contribution in [-0.2, 0) is 18.3 Å². The number of aryl methyl sites for hydroxylation is 2. The summed E-state index contributed by atoms with van der Waals surface area (Å²) in [7, 11) is 1.68. The van der Waals surface area contributed by atoms with Crippen molar-refractivity contribution in [2.45, 2.75) is 19.8 Å². The van der Waals surface area contributed by atoms with Crippen LogP contribution in [-0.4, -0.2) is 15.5 Å². The van der Waals surface area contributed by atoms with E-state index in [2.05, 4.69) is 10.3 Å². The molecule has 1 amide bonds. The van der Waals surface area contributed by atoms with Crippen LogP contribution in [0.3, 0.4) is 0 Å². The molecule has 0 bridgehead atoms. The van der Waals surface area contributed by atoms with Gasteiger partial charge in [-0.3, -0.25) is 14.2 Å². The number of carbonyl (C=O) groups is 1. The van der Waals surface area contributed by atoms with Crippen molar-refractivity contribution in [2.24, 2.45) is 7.05 Å². The van der Waals surface area contributed by atoms with Crippen LogP contribution < -0.4 is 15.6 Å². The summed E-state index contributed by atoms with van der Waals surface area (Å²) < 4.78 is 7.34. The zero-order chi connectivity index (χ0) is 21.8. The van der Waals surface area contributed by atoms with E-state index in [1.807, 2.05) is 55.5 Å². The maximum Gasteiger partial charge on any atom is 0.261 e. The van der Waals surface area contributed by atoms with Crippen LogP contribution >= 0.6 is 0 Å². The van der Waals surface area contributed by atoms with Gasteiger partial charge in [0.2, 0.25) is 5.91 Å². The molecule has 156 valence electrons. The zero-order valence-corrected chi connectivity index (χ0v) is 17.5. The molecule has 0 aliphatic carbocycles. The number of nitrogens with one attached hydrogen (secondary N) is 1. The second-order valence-corrected chi connectivity index (χ2v) is 7.40. The van der Waals surface area contributed by atoms with E-state index in [0.717, 1.165) is 11.3 Å². The van der Waals surface area contributed by atoms with E-state index in [-0.39, 0.29) is 17.9 Å². The molecule has 0 atom stereocenters. The lowest BCUT2D eigenvalue weighted by molar-refractivity contribution is -0.116. The molecule has 0 spiro atoms. The average molecular weight is 413 g/mol. The van der Waals surface area contributed by atoms with Gasteiger partial charge in [-0.25, -0.2) is 4.98 Å². The lowest BCUT2D eigenvalue weighted by atomic mass is 10.2. The standard InChI is InChI=1S/C25H23N3O3/c1-17-6-5-7-20(16-17)31-19-12-10-18(11-13-19)26-24(29)15-14-23-27-22-9-4-3-8-21(22)25(30)28(23)2/h3-13,16H,14-15H2,1-2H3,(H,26,29). The van der Waals surface area contributed by atoms with Gasteiger partial charge in [0.15, 0.2) is 0 Å². The Labute approximate surface area is 180 Å². The third kappa shape index (κ3) is 4.80. The Morgan fingerprint density at radius 3 is 2.55 bits per heavy atom. The first kappa shape index (κ1) is 20.3. The predicted molar refractivity (Wildman–Crippen MR) is 122 cm³/mol. The molecule has 1 aromatic heterocycles. The van der Waals surface area contributed by atoms with Crippen LogP contribution in [0.2, 0.25) is 0 Å². The molecule has 6 heteroatoms. The summed E-state index contributed by atoms with van der Waals surface area (Å²) in [6.45, 7) is 2.01. The van der Waals surface area contributed by atoms with Crippen LogP contribution in [0, 0.1) is 6.92 Å². The Balaban J connectivity index is 1.37. The monoisotopic (exact) mass is 413 g/mol. The minimum Gasteiger partial charge on any atom is -0.457 e. The lowest BCUT2D eigenvalue weighted by Gasteiger charge is -2.10. The van der Waals surface area contributed by atoms with Crippen molar-refractivity contribution in [2.75, 3.05) is 5.32 Å². The van der Waals surface area contributed by atoms with Gasteiger partial charge >= 0.3 is 0 Å². The number of hydrogen-bond donors (Lipinski definition) is 1. The summed E-state index contributed by atoms with van der Waals surface area (Å²) in [5.74, 6) is 1.90. The Hall–Kier alpha value is -3.93. The third-order valence-electron chi connectivity index (χ3n) is 5.01. The van der Waals surface area contributed by atoms with Gasteiger partial charge in [-0.15, -0.1) is 0 Å². The molecule has 3 aromatic carbocycles. The Bertz CT molecular complexity index is 1290. The van der Waals surface area contributed by atoms with E-state index < -0.39 is 0 Å². The molecule has 1 heterocycles. The minimum atomic E-state index is -0.144. The molecule has 0 unspecified atom stereocenters.